The second-order valence-corrected chi connectivity index (χ2v) is 5.70. The van der Waals surface area contributed by atoms with Gasteiger partial charge in [0.25, 0.3) is 0 Å². The highest BCUT2D eigenvalue weighted by atomic mass is 16.6. The molecule has 0 aliphatic carbocycles. The van der Waals surface area contributed by atoms with Gasteiger partial charge in [-0.25, -0.2) is 0 Å². The number of azide groups is 1. The van der Waals surface area contributed by atoms with Crippen LogP contribution in [0.3, 0.4) is 0 Å². The Morgan fingerprint density at radius 2 is 2.00 bits per heavy atom. The second-order valence-electron chi connectivity index (χ2n) is 5.70. The standard InChI is InChI=1S/C12H23N3O2/c1-9(2)6-10(8-14-15-13)7-11(16)17-12(3,4)5/h9-10H,6-8H2,1-5H3/t10-/m0/s1. The molecule has 0 saturated carbocycles. The molecule has 0 heterocycles. The third kappa shape index (κ3) is 9.69. The molecule has 0 aromatic rings. The Morgan fingerprint density at radius 1 is 1.41 bits per heavy atom. The highest BCUT2D eigenvalue weighted by Crippen LogP contribution is 2.18. The first kappa shape index (κ1) is 15.8. The summed E-state index contributed by atoms with van der Waals surface area (Å²) in [6, 6.07) is 0. The highest BCUT2D eigenvalue weighted by Gasteiger charge is 2.20. The van der Waals surface area contributed by atoms with Crippen molar-refractivity contribution in [1.82, 2.24) is 0 Å². The summed E-state index contributed by atoms with van der Waals surface area (Å²) in [6.07, 6.45) is 1.17. The van der Waals surface area contributed by atoms with Crippen LogP contribution in [0.4, 0.5) is 0 Å². The van der Waals surface area contributed by atoms with Crippen molar-refractivity contribution >= 4 is 5.97 Å². The second kappa shape index (κ2) is 7.17. The lowest BCUT2D eigenvalue weighted by Crippen LogP contribution is -2.26. The summed E-state index contributed by atoms with van der Waals surface area (Å²) >= 11 is 0. The molecule has 0 aliphatic heterocycles. The third-order valence-electron chi connectivity index (χ3n) is 2.08. The van der Waals surface area contributed by atoms with Crippen molar-refractivity contribution in [1.29, 1.82) is 0 Å². The normalized spacial score (nSPS) is 13.1. The van der Waals surface area contributed by atoms with E-state index >= 15 is 0 Å². The molecule has 0 rings (SSSR count). The predicted molar refractivity (Wildman–Crippen MR) is 67.4 cm³/mol. The Bertz CT molecular complexity index is 289. The first-order valence-electron chi connectivity index (χ1n) is 5.97. The van der Waals surface area contributed by atoms with Crippen LogP contribution in [0, 0.1) is 11.8 Å². The van der Waals surface area contributed by atoms with Crippen molar-refractivity contribution in [2.45, 2.75) is 53.1 Å². The first-order chi connectivity index (χ1) is 7.74. The lowest BCUT2D eigenvalue weighted by atomic mass is 9.94. The van der Waals surface area contributed by atoms with Crippen LogP contribution in [-0.2, 0) is 9.53 Å². The Morgan fingerprint density at radius 3 is 2.41 bits per heavy atom. The molecule has 0 radical (unpaired) electrons. The fourth-order valence-electron chi connectivity index (χ4n) is 1.66. The summed E-state index contributed by atoms with van der Waals surface area (Å²) in [5.74, 6) is 0.313. The highest BCUT2D eigenvalue weighted by molar-refractivity contribution is 5.70. The summed E-state index contributed by atoms with van der Waals surface area (Å²) < 4.78 is 5.26. The van der Waals surface area contributed by atoms with Gasteiger partial charge in [0.05, 0.1) is 0 Å². The monoisotopic (exact) mass is 241 g/mol. The number of nitrogens with zero attached hydrogens (tertiary/aromatic N) is 3. The summed E-state index contributed by atoms with van der Waals surface area (Å²) in [5.41, 5.74) is 7.85. The van der Waals surface area contributed by atoms with E-state index in [4.69, 9.17) is 10.3 Å². The largest absolute Gasteiger partial charge is 0.460 e. The minimum absolute atomic E-state index is 0.0701. The van der Waals surface area contributed by atoms with Crippen LogP contribution in [-0.4, -0.2) is 18.1 Å². The summed E-state index contributed by atoms with van der Waals surface area (Å²) in [6.45, 7) is 10.0. The predicted octanol–water partition coefficient (Wildman–Crippen LogP) is 3.69. The molecule has 0 saturated heterocycles. The average molecular weight is 241 g/mol. The number of rotatable bonds is 6. The fourth-order valence-corrected chi connectivity index (χ4v) is 1.66. The maximum Gasteiger partial charge on any atom is 0.306 e. The number of hydrogen-bond donors (Lipinski definition) is 0. The lowest BCUT2D eigenvalue weighted by Gasteiger charge is -2.22. The third-order valence-corrected chi connectivity index (χ3v) is 2.08. The smallest absolute Gasteiger partial charge is 0.306 e. The van der Waals surface area contributed by atoms with Gasteiger partial charge >= 0.3 is 5.97 Å². The Balaban J connectivity index is 4.31. The molecule has 0 N–H and O–H groups in total. The fraction of sp³-hybridized carbons (Fsp3) is 0.917. The van der Waals surface area contributed by atoms with E-state index in [1.807, 2.05) is 20.8 Å². The van der Waals surface area contributed by atoms with E-state index in [1.165, 1.54) is 0 Å². The van der Waals surface area contributed by atoms with Gasteiger partial charge < -0.3 is 4.74 Å². The molecule has 0 spiro atoms. The molecule has 0 fully saturated rings. The molecule has 0 unspecified atom stereocenters. The van der Waals surface area contributed by atoms with Crippen molar-refractivity contribution < 1.29 is 9.53 Å². The summed E-state index contributed by atoms with van der Waals surface area (Å²) in [7, 11) is 0. The van der Waals surface area contributed by atoms with Crippen LogP contribution in [0.1, 0.15) is 47.5 Å². The van der Waals surface area contributed by atoms with Gasteiger partial charge in [-0.1, -0.05) is 19.0 Å². The molecule has 0 aromatic carbocycles. The molecule has 0 bridgehead atoms. The van der Waals surface area contributed by atoms with Crippen LogP contribution in [0.2, 0.25) is 0 Å². The van der Waals surface area contributed by atoms with Gasteiger partial charge in [-0.15, -0.1) is 0 Å². The van der Waals surface area contributed by atoms with Gasteiger partial charge in [0.1, 0.15) is 5.60 Å². The Labute approximate surface area is 103 Å². The zero-order chi connectivity index (χ0) is 13.5. The van der Waals surface area contributed by atoms with E-state index in [0.717, 1.165) is 6.42 Å². The Kier molecular flexibility index (Phi) is 6.66. The zero-order valence-electron chi connectivity index (χ0n) is 11.4. The van der Waals surface area contributed by atoms with Gasteiger partial charge in [-0.2, -0.15) is 0 Å². The number of carbonyl (C=O) groups is 1. The summed E-state index contributed by atoms with van der Waals surface area (Å²) in [4.78, 5) is 14.4. The van der Waals surface area contributed by atoms with E-state index in [2.05, 4.69) is 23.9 Å². The number of ether oxygens (including phenoxy) is 1. The molecule has 5 nitrogen and oxygen atoms in total. The van der Waals surface area contributed by atoms with Crippen molar-refractivity contribution in [3.8, 4) is 0 Å². The van der Waals surface area contributed by atoms with Gasteiger partial charge in [0.15, 0.2) is 0 Å². The maximum absolute atomic E-state index is 11.7. The number of esters is 1. The molecule has 1 atom stereocenters. The van der Waals surface area contributed by atoms with Crippen LogP contribution in [0.15, 0.2) is 5.11 Å². The molecule has 0 aromatic heterocycles. The number of hydrogen-bond acceptors (Lipinski definition) is 3. The SMILES string of the molecule is CC(C)C[C@H](CN=[N+]=[N-])CC(=O)OC(C)(C)C. The van der Waals surface area contributed by atoms with Gasteiger partial charge in [0.2, 0.25) is 0 Å². The number of carbonyl (C=O) groups excluding carboxylic acids is 1. The molecule has 98 valence electrons. The molecular weight excluding hydrogens is 218 g/mol. The van der Waals surface area contributed by atoms with Gasteiger partial charge in [-0.3, -0.25) is 4.79 Å². The van der Waals surface area contributed by atoms with Crippen molar-refractivity contribution in [2.75, 3.05) is 6.54 Å². The van der Waals surface area contributed by atoms with Crippen LogP contribution < -0.4 is 0 Å². The van der Waals surface area contributed by atoms with E-state index in [1.54, 1.807) is 0 Å². The minimum Gasteiger partial charge on any atom is -0.460 e. The molecule has 0 amide bonds. The topological polar surface area (TPSA) is 75.1 Å². The van der Waals surface area contributed by atoms with Crippen molar-refractivity contribution in [3.05, 3.63) is 10.4 Å². The van der Waals surface area contributed by atoms with Crippen LogP contribution >= 0.6 is 0 Å². The average Bonchev–Trinajstić information content (AvgIpc) is 2.09. The van der Waals surface area contributed by atoms with E-state index in [0.29, 0.717) is 18.9 Å². The van der Waals surface area contributed by atoms with Crippen molar-refractivity contribution in [2.24, 2.45) is 17.0 Å². The molecule has 5 heteroatoms. The molecule has 0 aliphatic rings. The van der Waals surface area contributed by atoms with E-state index in [-0.39, 0.29) is 11.9 Å². The van der Waals surface area contributed by atoms with E-state index in [9.17, 15) is 4.79 Å². The first-order valence-corrected chi connectivity index (χ1v) is 5.97. The summed E-state index contributed by atoms with van der Waals surface area (Å²) in [5, 5.41) is 3.55. The molecular formula is C12H23N3O2. The zero-order valence-corrected chi connectivity index (χ0v) is 11.4. The maximum atomic E-state index is 11.7. The quantitative estimate of drug-likeness (QED) is 0.308. The van der Waals surface area contributed by atoms with Crippen molar-refractivity contribution in [3.63, 3.8) is 0 Å². The van der Waals surface area contributed by atoms with E-state index < -0.39 is 5.60 Å². The van der Waals surface area contributed by atoms with Crippen LogP contribution in [0.25, 0.3) is 10.4 Å². The van der Waals surface area contributed by atoms with Gasteiger partial charge in [-0.05, 0) is 44.6 Å². The van der Waals surface area contributed by atoms with Crippen LogP contribution in [0.5, 0.6) is 0 Å². The van der Waals surface area contributed by atoms with Gasteiger partial charge in [0, 0.05) is 17.9 Å². The Hall–Kier alpha value is -1.22. The molecule has 17 heavy (non-hydrogen) atoms. The minimum atomic E-state index is -0.460. The lowest BCUT2D eigenvalue weighted by molar-refractivity contribution is -0.156.